The first kappa shape index (κ1) is 19.0. The molecular formula is C15H22ClNaO2. The molecule has 0 bridgehead atoms. The fraction of sp³-hybridized carbons (Fsp3) is 0.533. The second-order valence-electron chi connectivity index (χ2n) is 4.40. The summed E-state index contributed by atoms with van der Waals surface area (Å²) in [4.78, 5) is 11.7. The van der Waals surface area contributed by atoms with Crippen molar-refractivity contribution in [2.24, 2.45) is 0 Å². The summed E-state index contributed by atoms with van der Waals surface area (Å²) in [6, 6.07) is 9.04. The quantitative estimate of drug-likeness (QED) is 0.240. The maximum Gasteiger partial charge on any atom is 1.00 e. The van der Waals surface area contributed by atoms with Crippen LogP contribution in [-0.4, -0.2) is 11.3 Å². The van der Waals surface area contributed by atoms with Crippen LogP contribution in [0.4, 0.5) is 0 Å². The van der Waals surface area contributed by atoms with Crippen LogP contribution in [0.1, 0.15) is 46.9 Å². The van der Waals surface area contributed by atoms with E-state index in [1.54, 1.807) is 12.1 Å². The molecule has 0 heterocycles. The van der Waals surface area contributed by atoms with Crippen LogP contribution >= 0.6 is 11.6 Å². The molecule has 1 atom stereocenters. The Balaban J connectivity index is 0. The van der Waals surface area contributed by atoms with Crippen molar-refractivity contribution >= 4 is 17.6 Å². The molecule has 0 N–H and O–H groups in total. The Kier molecular flexibility index (Phi) is 11.8. The van der Waals surface area contributed by atoms with Gasteiger partial charge in [-0.2, -0.15) is 0 Å². The van der Waals surface area contributed by atoms with E-state index in [4.69, 9.17) is 16.3 Å². The van der Waals surface area contributed by atoms with Gasteiger partial charge < -0.3 is 6.16 Å². The molecule has 19 heavy (non-hydrogen) atoms. The molecule has 0 saturated heterocycles. The Morgan fingerprint density at radius 1 is 1.21 bits per heavy atom. The third-order valence-corrected chi connectivity index (χ3v) is 3.17. The summed E-state index contributed by atoms with van der Waals surface area (Å²) in [5.41, 5.74) is 0. The number of para-hydroxylation sites is 1. The zero-order chi connectivity index (χ0) is 13.2. The number of unbranched alkanes of at least 4 members (excludes halogenated alkanes) is 4. The molecule has 0 amide bonds. The molecule has 102 valence electrons. The van der Waals surface area contributed by atoms with Gasteiger partial charge in [-0.3, -0.25) is 4.79 Å². The number of carbonyl (C=O) groups excluding carboxylic acids is 1. The molecule has 0 radical (unpaired) electrons. The third kappa shape index (κ3) is 8.69. The van der Waals surface area contributed by atoms with E-state index in [-0.39, 0.29) is 37.0 Å². The standard InChI is InChI=1S/C15H21ClO2.Na.H/c1-2-3-4-5-9-12-14(16)15(17)18-13-10-7-6-8-11-13;;/h6-8,10-11,14H,2-5,9,12H2,1H3;;/q;+1;-1. The fourth-order valence-electron chi connectivity index (χ4n) is 1.71. The summed E-state index contributed by atoms with van der Waals surface area (Å²) in [5, 5.41) is -0.535. The average molecular weight is 293 g/mol. The van der Waals surface area contributed by atoms with E-state index in [1.807, 2.05) is 18.2 Å². The molecule has 4 heteroatoms. The van der Waals surface area contributed by atoms with Crippen molar-refractivity contribution in [1.82, 2.24) is 0 Å². The van der Waals surface area contributed by atoms with E-state index in [0.717, 1.165) is 12.8 Å². The van der Waals surface area contributed by atoms with E-state index in [0.29, 0.717) is 12.2 Å². The van der Waals surface area contributed by atoms with E-state index < -0.39 is 5.38 Å². The first-order chi connectivity index (χ1) is 8.74. The van der Waals surface area contributed by atoms with Gasteiger partial charge in [0.15, 0.2) is 0 Å². The Labute approximate surface area is 144 Å². The minimum absolute atomic E-state index is 0. The number of esters is 1. The Morgan fingerprint density at radius 2 is 1.84 bits per heavy atom. The molecule has 0 aliphatic carbocycles. The van der Waals surface area contributed by atoms with E-state index >= 15 is 0 Å². The number of hydrogen-bond acceptors (Lipinski definition) is 2. The van der Waals surface area contributed by atoms with Crippen LogP contribution in [0.25, 0.3) is 0 Å². The average Bonchev–Trinajstić information content (AvgIpc) is 2.39. The Morgan fingerprint density at radius 3 is 2.47 bits per heavy atom. The number of rotatable bonds is 8. The normalized spacial score (nSPS) is 11.5. The summed E-state index contributed by atoms with van der Waals surface area (Å²) in [6.45, 7) is 2.18. The van der Waals surface area contributed by atoms with Gasteiger partial charge in [-0.15, -0.1) is 11.6 Å². The molecule has 0 fully saturated rings. The molecule has 0 aromatic heterocycles. The summed E-state index contributed by atoms with van der Waals surface area (Å²) >= 11 is 6.02. The molecule has 1 unspecified atom stereocenters. The third-order valence-electron chi connectivity index (χ3n) is 2.78. The van der Waals surface area contributed by atoms with Crippen LogP contribution in [-0.2, 0) is 4.79 Å². The molecule has 0 aliphatic rings. The number of hydrogen-bond donors (Lipinski definition) is 0. The van der Waals surface area contributed by atoms with Crippen molar-refractivity contribution in [3.63, 3.8) is 0 Å². The molecule has 1 rings (SSSR count). The molecular weight excluding hydrogens is 271 g/mol. The van der Waals surface area contributed by atoms with E-state index in [2.05, 4.69) is 6.92 Å². The minimum Gasteiger partial charge on any atom is -1.00 e. The Bertz CT molecular complexity index is 349. The fourth-order valence-corrected chi connectivity index (χ4v) is 1.91. The van der Waals surface area contributed by atoms with Gasteiger partial charge in [-0.05, 0) is 18.6 Å². The van der Waals surface area contributed by atoms with Gasteiger partial charge in [0.05, 0.1) is 0 Å². The van der Waals surface area contributed by atoms with E-state index in [1.165, 1.54) is 19.3 Å². The van der Waals surface area contributed by atoms with Gasteiger partial charge in [0.2, 0.25) is 0 Å². The van der Waals surface area contributed by atoms with Gasteiger partial charge in [0.1, 0.15) is 11.1 Å². The maximum absolute atomic E-state index is 11.7. The van der Waals surface area contributed by atoms with Gasteiger partial charge in [0, 0.05) is 0 Å². The predicted octanol–water partition coefficient (Wildman–Crippen LogP) is 1.68. The summed E-state index contributed by atoms with van der Waals surface area (Å²) in [6.07, 6.45) is 6.50. The monoisotopic (exact) mass is 292 g/mol. The topological polar surface area (TPSA) is 26.3 Å². The molecule has 0 aliphatic heterocycles. The largest absolute Gasteiger partial charge is 1.00 e. The number of ether oxygens (including phenoxy) is 1. The minimum atomic E-state index is -0.535. The second-order valence-corrected chi connectivity index (χ2v) is 4.93. The van der Waals surface area contributed by atoms with Crippen molar-refractivity contribution in [2.45, 2.75) is 50.8 Å². The molecule has 2 nitrogen and oxygen atoms in total. The predicted molar refractivity (Wildman–Crippen MR) is 76.2 cm³/mol. The summed E-state index contributed by atoms with van der Waals surface area (Å²) in [7, 11) is 0. The van der Waals surface area contributed by atoms with Crippen LogP contribution in [0.15, 0.2) is 30.3 Å². The van der Waals surface area contributed by atoms with Crippen molar-refractivity contribution in [3.05, 3.63) is 30.3 Å². The number of carbonyl (C=O) groups is 1. The first-order valence-corrected chi connectivity index (χ1v) is 7.08. The van der Waals surface area contributed by atoms with Gasteiger partial charge in [-0.1, -0.05) is 57.2 Å². The summed E-state index contributed by atoms with van der Waals surface area (Å²) < 4.78 is 5.18. The zero-order valence-electron chi connectivity index (χ0n) is 12.9. The zero-order valence-corrected chi connectivity index (χ0v) is 14.7. The van der Waals surface area contributed by atoms with E-state index in [9.17, 15) is 4.79 Å². The first-order valence-electron chi connectivity index (χ1n) is 6.65. The second kappa shape index (κ2) is 11.8. The number of benzene rings is 1. The smallest absolute Gasteiger partial charge is 1.00 e. The molecule has 0 saturated carbocycles. The van der Waals surface area contributed by atoms with Crippen LogP contribution in [0, 0.1) is 0 Å². The van der Waals surface area contributed by atoms with Crippen LogP contribution in [0.5, 0.6) is 5.75 Å². The van der Waals surface area contributed by atoms with Gasteiger partial charge in [-0.25, -0.2) is 0 Å². The van der Waals surface area contributed by atoms with Crippen LogP contribution < -0.4 is 34.3 Å². The van der Waals surface area contributed by atoms with Gasteiger partial charge >= 0.3 is 35.5 Å². The molecule has 0 spiro atoms. The molecule has 1 aromatic carbocycles. The summed E-state index contributed by atoms with van der Waals surface area (Å²) in [5.74, 6) is 0.206. The van der Waals surface area contributed by atoms with Crippen molar-refractivity contribution in [3.8, 4) is 5.75 Å². The van der Waals surface area contributed by atoms with Crippen molar-refractivity contribution < 1.29 is 40.5 Å². The van der Waals surface area contributed by atoms with Crippen molar-refractivity contribution in [2.75, 3.05) is 0 Å². The van der Waals surface area contributed by atoms with Crippen LogP contribution in [0.3, 0.4) is 0 Å². The van der Waals surface area contributed by atoms with Crippen molar-refractivity contribution in [1.29, 1.82) is 0 Å². The maximum atomic E-state index is 11.7. The number of alkyl halides is 1. The molecule has 1 aromatic rings. The SMILES string of the molecule is CCCCCCCC(Cl)C(=O)Oc1ccccc1.[H-].[Na+]. The van der Waals surface area contributed by atoms with Gasteiger partial charge in [0.25, 0.3) is 0 Å². The van der Waals surface area contributed by atoms with Crippen LogP contribution in [0.2, 0.25) is 0 Å². The Hall–Kier alpha value is -0.0200. The number of halogens is 1.